The zero-order valence-electron chi connectivity index (χ0n) is 10.6. The molecule has 0 bridgehead atoms. The Morgan fingerprint density at radius 1 is 1.58 bits per heavy atom. The molecule has 106 valence electrons. The third kappa shape index (κ3) is 2.56. The fraction of sp³-hybridized carbons (Fsp3) is 0.600. The standard InChI is InChI=1S/C10H17N5O3S/c1-15-7-8(6-12-15)19(17,18)14-10(9(11)13-16)4-2-3-5-10/h6-7,14,16H,2-5H2,1H3,(H2,11,13). The quantitative estimate of drug-likeness (QED) is 0.305. The van der Waals surface area contributed by atoms with Crippen molar-refractivity contribution in [2.45, 2.75) is 36.1 Å². The fourth-order valence-electron chi connectivity index (χ4n) is 2.34. The maximum absolute atomic E-state index is 12.3. The minimum Gasteiger partial charge on any atom is -0.409 e. The number of nitrogens with zero attached hydrogens (tertiary/aromatic N) is 3. The second-order valence-electron chi connectivity index (χ2n) is 4.73. The Bertz CT molecular complexity index is 586. The first kappa shape index (κ1) is 13.8. The van der Waals surface area contributed by atoms with Crippen molar-refractivity contribution in [1.29, 1.82) is 0 Å². The van der Waals surface area contributed by atoms with Crippen molar-refractivity contribution in [3.05, 3.63) is 12.4 Å². The van der Waals surface area contributed by atoms with Crippen molar-refractivity contribution in [3.63, 3.8) is 0 Å². The molecule has 1 heterocycles. The molecule has 0 saturated heterocycles. The number of sulfonamides is 1. The molecule has 1 aromatic heterocycles. The summed E-state index contributed by atoms with van der Waals surface area (Å²) in [6.45, 7) is 0. The van der Waals surface area contributed by atoms with E-state index >= 15 is 0 Å². The van der Waals surface area contributed by atoms with Gasteiger partial charge in [-0.2, -0.15) is 9.82 Å². The van der Waals surface area contributed by atoms with E-state index in [2.05, 4.69) is 15.0 Å². The van der Waals surface area contributed by atoms with Gasteiger partial charge in [0.25, 0.3) is 0 Å². The molecular weight excluding hydrogens is 270 g/mol. The van der Waals surface area contributed by atoms with Crippen LogP contribution in [-0.4, -0.2) is 34.8 Å². The van der Waals surface area contributed by atoms with Crippen molar-refractivity contribution in [2.75, 3.05) is 0 Å². The van der Waals surface area contributed by atoms with Crippen molar-refractivity contribution in [1.82, 2.24) is 14.5 Å². The van der Waals surface area contributed by atoms with Crippen molar-refractivity contribution < 1.29 is 13.6 Å². The zero-order chi connectivity index (χ0) is 14.1. The van der Waals surface area contributed by atoms with Crippen LogP contribution in [0.2, 0.25) is 0 Å². The van der Waals surface area contributed by atoms with Gasteiger partial charge in [-0.1, -0.05) is 18.0 Å². The molecule has 19 heavy (non-hydrogen) atoms. The molecule has 2 rings (SSSR count). The molecule has 0 unspecified atom stereocenters. The van der Waals surface area contributed by atoms with Gasteiger partial charge >= 0.3 is 0 Å². The second kappa shape index (κ2) is 4.82. The molecule has 0 aromatic carbocycles. The van der Waals surface area contributed by atoms with Crippen LogP contribution in [0.15, 0.2) is 22.4 Å². The lowest BCUT2D eigenvalue weighted by Crippen LogP contribution is -2.55. The van der Waals surface area contributed by atoms with Crippen LogP contribution < -0.4 is 10.5 Å². The Labute approximate surface area is 111 Å². The van der Waals surface area contributed by atoms with Gasteiger partial charge in [-0.25, -0.2) is 8.42 Å². The van der Waals surface area contributed by atoms with Gasteiger partial charge < -0.3 is 10.9 Å². The molecule has 8 nitrogen and oxygen atoms in total. The molecule has 1 saturated carbocycles. The smallest absolute Gasteiger partial charge is 0.244 e. The predicted molar refractivity (Wildman–Crippen MR) is 68.1 cm³/mol. The Morgan fingerprint density at radius 3 is 2.68 bits per heavy atom. The summed E-state index contributed by atoms with van der Waals surface area (Å²) in [5.41, 5.74) is 4.66. The molecule has 1 fully saturated rings. The molecule has 1 aliphatic carbocycles. The number of rotatable bonds is 4. The maximum atomic E-state index is 12.3. The molecule has 9 heteroatoms. The highest BCUT2D eigenvalue weighted by Crippen LogP contribution is 2.31. The van der Waals surface area contributed by atoms with Crippen LogP contribution in [-0.2, 0) is 17.1 Å². The summed E-state index contributed by atoms with van der Waals surface area (Å²) >= 11 is 0. The third-order valence-corrected chi connectivity index (χ3v) is 4.87. The minimum absolute atomic E-state index is 0.0621. The van der Waals surface area contributed by atoms with E-state index in [0.29, 0.717) is 12.8 Å². The summed E-state index contributed by atoms with van der Waals surface area (Å²) in [4.78, 5) is 0.0621. The highest BCUT2D eigenvalue weighted by molar-refractivity contribution is 7.89. The summed E-state index contributed by atoms with van der Waals surface area (Å²) in [5.74, 6) is -0.0996. The lowest BCUT2D eigenvalue weighted by atomic mass is 9.98. The van der Waals surface area contributed by atoms with Crippen LogP contribution in [0.25, 0.3) is 0 Å². The van der Waals surface area contributed by atoms with E-state index in [1.54, 1.807) is 7.05 Å². The molecule has 0 radical (unpaired) electrons. The second-order valence-corrected chi connectivity index (χ2v) is 6.41. The number of oxime groups is 1. The maximum Gasteiger partial charge on any atom is 0.244 e. The summed E-state index contributed by atoms with van der Waals surface area (Å²) in [6.07, 6.45) is 5.34. The van der Waals surface area contributed by atoms with Gasteiger partial charge in [-0.05, 0) is 12.8 Å². The first-order chi connectivity index (χ1) is 8.89. The van der Waals surface area contributed by atoms with Crippen LogP contribution in [0.3, 0.4) is 0 Å². The van der Waals surface area contributed by atoms with Gasteiger partial charge in [0, 0.05) is 13.2 Å². The zero-order valence-corrected chi connectivity index (χ0v) is 11.4. The Kier molecular flexibility index (Phi) is 3.50. The van der Waals surface area contributed by atoms with E-state index in [4.69, 9.17) is 10.9 Å². The van der Waals surface area contributed by atoms with E-state index in [-0.39, 0.29) is 10.7 Å². The number of hydrogen-bond donors (Lipinski definition) is 3. The molecule has 1 aliphatic rings. The van der Waals surface area contributed by atoms with Gasteiger partial charge in [-0.15, -0.1) is 0 Å². The van der Waals surface area contributed by atoms with Crippen molar-refractivity contribution >= 4 is 15.9 Å². The van der Waals surface area contributed by atoms with Crippen molar-refractivity contribution in [2.24, 2.45) is 17.9 Å². The summed E-state index contributed by atoms with van der Waals surface area (Å²) in [6, 6.07) is 0. The molecule has 4 N–H and O–H groups in total. The Hall–Kier alpha value is -1.61. The van der Waals surface area contributed by atoms with E-state index in [0.717, 1.165) is 12.8 Å². The number of amidine groups is 1. The molecule has 0 spiro atoms. The first-order valence-corrected chi connectivity index (χ1v) is 7.39. The van der Waals surface area contributed by atoms with Crippen LogP contribution in [0.4, 0.5) is 0 Å². The first-order valence-electron chi connectivity index (χ1n) is 5.90. The van der Waals surface area contributed by atoms with Crippen LogP contribution in [0.1, 0.15) is 25.7 Å². The van der Waals surface area contributed by atoms with Crippen LogP contribution >= 0.6 is 0 Å². The summed E-state index contributed by atoms with van der Waals surface area (Å²) in [7, 11) is -2.11. The normalized spacial score (nSPS) is 19.7. The Morgan fingerprint density at radius 2 is 2.21 bits per heavy atom. The lowest BCUT2D eigenvalue weighted by molar-refractivity contribution is 0.309. The lowest BCUT2D eigenvalue weighted by Gasteiger charge is -2.27. The van der Waals surface area contributed by atoms with Gasteiger partial charge in [0.2, 0.25) is 10.0 Å². The van der Waals surface area contributed by atoms with Gasteiger partial charge in [0.05, 0.1) is 11.7 Å². The topological polar surface area (TPSA) is 123 Å². The van der Waals surface area contributed by atoms with E-state index in [9.17, 15) is 8.42 Å². The monoisotopic (exact) mass is 287 g/mol. The minimum atomic E-state index is -3.74. The summed E-state index contributed by atoms with van der Waals surface area (Å²) in [5, 5.41) is 15.6. The number of aryl methyl sites for hydroxylation is 1. The number of nitrogens with two attached hydrogens (primary N) is 1. The average Bonchev–Trinajstić information content (AvgIpc) is 2.98. The predicted octanol–water partition coefficient (Wildman–Crippen LogP) is -0.242. The van der Waals surface area contributed by atoms with Crippen molar-refractivity contribution in [3.8, 4) is 0 Å². The largest absolute Gasteiger partial charge is 0.409 e. The number of hydrogen-bond acceptors (Lipinski definition) is 5. The SMILES string of the molecule is Cn1cc(S(=O)(=O)NC2(C(N)=NO)CCCC2)cn1. The third-order valence-electron chi connectivity index (χ3n) is 3.38. The van der Waals surface area contributed by atoms with Gasteiger partial charge in [0.15, 0.2) is 5.84 Å². The number of nitrogens with one attached hydrogen (secondary N) is 1. The van der Waals surface area contributed by atoms with E-state index in [1.165, 1.54) is 17.1 Å². The van der Waals surface area contributed by atoms with Gasteiger partial charge in [0.1, 0.15) is 4.90 Å². The van der Waals surface area contributed by atoms with E-state index < -0.39 is 15.6 Å². The summed E-state index contributed by atoms with van der Waals surface area (Å²) < 4.78 is 28.5. The molecule has 0 atom stereocenters. The number of aromatic nitrogens is 2. The highest BCUT2D eigenvalue weighted by Gasteiger charge is 2.42. The highest BCUT2D eigenvalue weighted by atomic mass is 32.2. The van der Waals surface area contributed by atoms with Gasteiger partial charge in [-0.3, -0.25) is 4.68 Å². The van der Waals surface area contributed by atoms with E-state index in [1.807, 2.05) is 0 Å². The molecule has 1 aromatic rings. The molecular formula is C10H17N5O3S. The van der Waals surface area contributed by atoms with Crippen LogP contribution in [0, 0.1) is 0 Å². The molecule has 0 amide bonds. The molecule has 0 aliphatic heterocycles. The fourth-order valence-corrected chi connectivity index (χ4v) is 3.76. The van der Waals surface area contributed by atoms with Crippen LogP contribution in [0.5, 0.6) is 0 Å². The Balaban J connectivity index is 2.32. The average molecular weight is 287 g/mol.